The zero-order valence-corrected chi connectivity index (χ0v) is 9.25. The van der Waals surface area contributed by atoms with Crippen LogP contribution in [-0.4, -0.2) is 15.5 Å². The zero-order chi connectivity index (χ0) is 12.4. The van der Waals surface area contributed by atoms with E-state index in [-0.39, 0.29) is 5.82 Å². The lowest BCUT2D eigenvalue weighted by Gasteiger charge is -2.03. The second-order valence-electron chi connectivity index (χ2n) is 3.68. The first-order chi connectivity index (χ1) is 8.08. The van der Waals surface area contributed by atoms with E-state index in [4.69, 9.17) is 5.73 Å². The van der Waals surface area contributed by atoms with E-state index in [1.807, 2.05) is 19.1 Å². The second kappa shape index (κ2) is 4.21. The Morgan fingerprint density at radius 3 is 2.47 bits per heavy atom. The van der Waals surface area contributed by atoms with Crippen molar-refractivity contribution in [2.75, 3.05) is 5.73 Å². The lowest BCUT2D eigenvalue weighted by atomic mass is 10.1. The van der Waals surface area contributed by atoms with Gasteiger partial charge < -0.3 is 5.73 Å². The van der Waals surface area contributed by atoms with E-state index in [1.54, 1.807) is 12.1 Å². The minimum Gasteiger partial charge on any atom is -0.383 e. The predicted molar refractivity (Wildman–Crippen MR) is 63.8 cm³/mol. The van der Waals surface area contributed by atoms with E-state index in [1.165, 1.54) is 12.3 Å². The second-order valence-corrected chi connectivity index (χ2v) is 3.68. The van der Waals surface area contributed by atoms with Crippen LogP contribution in [0.2, 0.25) is 0 Å². The summed E-state index contributed by atoms with van der Waals surface area (Å²) in [6.45, 7) is 1.92. The van der Waals surface area contributed by atoms with Crippen LogP contribution in [0.3, 0.4) is 0 Å². The van der Waals surface area contributed by atoms with Gasteiger partial charge in [0.15, 0.2) is 0 Å². The molecule has 1 aromatic heterocycles. The van der Waals surface area contributed by atoms with Gasteiger partial charge in [-0.2, -0.15) is 4.98 Å². The van der Waals surface area contributed by atoms with E-state index < -0.39 is 11.6 Å². The molecule has 5 nitrogen and oxygen atoms in total. The van der Waals surface area contributed by atoms with Crippen molar-refractivity contribution >= 4 is 11.7 Å². The number of carbonyl (C=O) groups is 1. The number of aromatic nitrogens is 2. The van der Waals surface area contributed by atoms with Gasteiger partial charge in [0, 0.05) is 11.8 Å². The summed E-state index contributed by atoms with van der Waals surface area (Å²) in [6.07, 6.45) is 1.33. The largest absolute Gasteiger partial charge is 0.383 e. The number of hydrogen-bond donors (Lipinski definition) is 1. The molecule has 2 N–H and O–H groups in total. The van der Waals surface area contributed by atoms with Gasteiger partial charge in [-0.3, -0.25) is 4.79 Å². The van der Waals surface area contributed by atoms with Gasteiger partial charge in [0.05, 0.1) is 0 Å². The molecule has 2 rings (SSSR count). The Hall–Kier alpha value is -2.43. The van der Waals surface area contributed by atoms with Crippen molar-refractivity contribution in [2.24, 2.45) is 0 Å². The van der Waals surface area contributed by atoms with Gasteiger partial charge >= 0.3 is 5.69 Å². The van der Waals surface area contributed by atoms with Crippen LogP contribution in [-0.2, 0) is 0 Å². The average molecular weight is 229 g/mol. The molecule has 0 aliphatic heterocycles. The molecule has 1 heterocycles. The molecule has 0 spiro atoms. The molecule has 86 valence electrons. The fraction of sp³-hybridized carbons (Fsp3) is 0.0833. The van der Waals surface area contributed by atoms with Gasteiger partial charge in [0.2, 0.25) is 0 Å². The number of anilines is 1. The maximum Gasteiger partial charge on any atom is 0.356 e. The van der Waals surface area contributed by atoms with E-state index in [0.717, 1.165) is 10.1 Å². The fourth-order valence-electron chi connectivity index (χ4n) is 1.41. The standard InChI is InChI=1S/C12H11N3O2/c1-8-2-4-9(5-3-8)11(16)15-7-6-10(13)14-12(15)17/h2-7H,1H3,(H2,13,14,17). The third-order valence-corrected chi connectivity index (χ3v) is 2.34. The molecule has 0 aliphatic carbocycles. The quantitative estimate of drug-likeness (QED) is 0.785. The van der Waals surface area contributed by atoms with Gasteiger partial charge in [-0.25, -0.2) is 9.36 Å². The van der Waals surface area contributed by atoms with Crippen molar-refractivity contribution in [3.05, 3.63) is 58.1 Å². The van der Waals surface area contributed by atoms with Crippen molar-refractivity contribution in [3.8, 4) is 0 Å². The summed E-state index contributed by atoms with van der Waals surface area (Å²) in [5, 5.41) is 0. The number of nitrogens with two attached hydrogens (primary N) is 1. The molecule has 5 heteroatoms. The Kier molecular flexibility index (Phi) is 2.74. The minimum absolute atomic E-state index is 0.1000. The molecule has 1 aromatic carbocycles. The SMILES string of the molecule is Cc1ccc(C(=O)n2ccc(N)nc2=O)cc1. The summed E-state index contributed by atoms with van der Waals surface area (Å²) < 4.78 is 0.932. The average Bonchev–Trinajstić information content (AvgIpc) is 2.29. The van der Waals surface area contributed by atoms with Crippen LogP contribution in [0.1, 0.15) is 15.9 Å². The molecule has 17 heavy (non-hydrogen) atoms. The van der Waals surface area contributed by atoms with Crippen LogP contribution in [0.25, 0.3) is 0 Å². The van der Waals surface area contributed by atoms with Crippen LogP contribution < -0.4 is 11.4 Å². The highest BCUT2D eigenvalue weighted by Crippen LogP contribution is 2.04. The first kappa shape index (κ1) is 11.1. The predicted octanol–water partition coefficient (Wildman–Crippen LogP) is 0.822. The van der Waals surface area contributed by atoms with Crippen molar-refractivity contribution in [1.29, 1.82) is 0 Å². The minimum atomic E-state index is -0.671. The van der Waals surface area contributed by atoms with Gasteiger partial charge in [-0.15, -0.1) is 0 Å². The topological polar surface area (TPSA) is 78.0 Å². The summed E-state index contributed by atoms with van der Waals surface area (Å²) in [5.74, 6) is -0.314. The lowest BCUT2D eigenvalue weighted by Crippen LogP contribution is -2.29. The molecule has 0 radical (unpaired) electrons. The number of nitrogen functional groups attached to an aromatic ring is 1. The molecule has 0 saturated carbocycles. The van der Waals surface area contributed by atoms with Gasteiger partial charge in [0.1, 0.15) is 5.82 Å². The highest BCUT2D eigenvalue weighted by molar-refractivity contribution is 5.95. The third-order valence-electron chi connectivity index (χ3n) is 2.34. The van der Waals surface area contributed by atoms with Crippen molar-refractivity contribution in [3.63, 3.8) is 0 Å². The number of nitrogens with zero attached hydrogens (tertiary/aromatic N) is 2. The molecule has 0 bridgehead atoms. The van der Waals surface area contributed by atoms with Gasteiger partial charge in [0.25, 0.3) is 5.91 Å². The Morgan fingerprint density at radius 1 is 1.24 bits per heavy atom. The molecular weight excluding hydrogens is 218 g/mol. The summed E-state index contributed by atoms with van der Waals surface area (Å²) in [7, 11) is 0. The van der Waals surface area contributed by atoms with Crippen LogP contribution in [0, 0.1) is 6.92 Å². The zero-order valence-electron chi connectivity index (χ0n) is 9.25. The molecular formula is C12H11N3O2. The van der Waals surface area contributed by atoms with E-state index in [2.05, 4.69) is 4.98 Å². The molecule has 2 aromatic rings. The molecule has 0 unspecified atom stereocenters. The Labute approximate surface area is 97.5 Å². The van der Waals surface area contributed by atoms with Crippen molar-refractivity contribution < 1.29 is 4.79 Å². The van der Waals surface area contributed by atoms with Gasteiger partial charge in [-0.05, 0) is 25.1 Å². The molecule has 0 amide bonds. The summed E-state index contributed by atoms with van der Waals surface area (Å²) in [6, 6.07) is 8.36. The number of carbonyl (C=O) groups excluding carboxylic acids is 1. The maximum atomic E-state index is 12.0. The van der Waals surface area contributed by atoms with Crippen LogP contribution >= 0.6 is 0 Å². The smallest absolute Gasteiger partial charge is 0.356 e. The highest BCUT2D eigenvalue weighted by atomic mass is 16.2. The summed E-state index contributed by atoms with van der Waals surface area (Å²) in [4.78, 5) is 26.9. The number of aryl methyl sites for hydroxylation is 1. The first-order valence-corrected chi connectivity index (χ1v) is 5.04. The van der Waals surface area contributed by atoms with E-state index in [0.29, 0.717) is 5.56 Å². The van der Waals surface area contributed by atoms with Crippen molar-refractivity contribution in [1.82, 2.24) is 9.55 Å². The Bertz CT molecular complexity index is 614. The Balaban J connectivity index is 2.44. The highest BCUT2D eigenvalue weighted by Gasteiger charge is 2.10. The lowest BCUT2D eigenvalue weighted by molar-refractivity contribution is 0.0954. The molecule has 0 fully saturated rings. The van der Waals surface area contributed by atoms with E-state index in [9.17, 15) is 9.59 Å². The number of benzene rings is 1. The maximum absolute atomic E-state index is 12.0. The van der Waals surface area contributed by atoms with Crippen molar-refractivity contribution in [2.45, 2.75) is 6.92 Å². The van der Waals surface area contributed by atoms with Crippen LogP contribution in [0.4, 0.5) is 5.82 Å². The fourth-order valence-corrected chi connectivity index (χ4v) is 1.41. The first-order valence-electron chi connectivity index (χ1n) is 5.04. The summed E-state index contributed by atoms with van der Waals surface area (Å²) >= 11 is 0. The third kappa shape index (κ3) is 2.23. The van der Waals surface area contributed by atoms with Crippen LogP contribution in [0.15, 0.2) is 41.3 Å². The molecule has 0 atom stereocenters. The normalized spacial score (nSPS) is 10.2. The Morgan fingerprint density at radius 2 is 1.88 bits per heavy atom. The monoisotopic (exact) mass is 229 g/mol. The summed E-state index contributed by atoms with van der Waals surface area (Å²) in [5.41, 5.74) is 6.16. The van der Waals surface area contributed by atoms with E-state index >= 15 is 0 Å². The number of hydrogen-bond acceptors (Lipinski definition) is 4. The van der Waals surface area contributed by atoms with Gasteiger partial charge in [-0.1, -0.05) is 17.7 Å². The molecule has 0 saturated heterocycles. The molecule has 0 aliphatic rings. The van der Waals surface area contributed by atoms with Crippen LogP contribution in [0.5, 0.6) is 0 Å². The number of rotatable bonds is 1.